The maximum Gasteiger partial charge on any atom is 0.220 e. The molecule has 3 nitrogen and oxygen atoms in total. The summed E-state index contributed by atoms with van der Waals surface area (Å²) >= 11 is 0. The summed E-state index contributed by atoms with van der Waals surface area (Å²) in [6, 6.07) is 0. The molecule has 11 heavy (non-hydrogen) atoms. The Morgan fingerprint density at radius 3 is 2.45 bits per heavy atom. The van der Waals surface area contributed by atoms with Crippen molar-refractivity contribution in [1.29, 1.82) is 0 Å². The van der Waals surface area contributed by atoms with Crippen LogP contribution in [0.5, 0.6) is 0 Å². The standard InChI is InChI=1S/C8H18N2O/c1-4-10-7(11)5-8(2,3)6-9/h4-6,9H2,1-3H3,(H,10,11). The SMILES string of the molecule is CCNC(=O)CC(C)(C)CN. The highest BCUT2D eigenvalue weighted by molar-refractivity contribution is 5.76. The zero-order valence-electron chi connectivity index (χ0n) is 7.61. The third-order valence-corrected chi connectivity index (χ3v) is 1.57. The maximum atomic E-state index is 11.1. The van der Waals surface area contributed by atoms with E-state index in [1.165, 1.54) is 0 Å². The van der Waals surface area contributed by atoms with Gasteiger partial charge in [0.2, 0.25) is 5.91 Å². The summed E-state index contributed by atoms with van der Waals surface area (Å²) in [4.78, 5) is 11.1. The van der Waals surface area contributed by atoms with Gasteiger partial charge in [0.25, 0.3) is 0 Å². The smallest absolute Gasteiger partial charge is 0.220 e. The number of carbonyl (C=O) groups is 1. The van der Waals surface area contributed by atoms with Crippen LogP contribution in [0.15, 0.2) is 0 Å². The fraction of sp³-hybridized carbons (Fsp3) is 0.875. The van der Waals surface area contributed by atoms with Crippen molar-refractivity contribution in [3.63, 3.8) is 0 Å². The topological polar surface area (TPSA) is 55.1 Å². The molecule has 0 saturated heterocycles. The Bertz CT molecular complexity index is 132. The first-order valence-electron chi connectivity index (χ1n) is 3.98. The Kier molecular flexibility index (Phi) is 4.11. The molecule has 0 unspecified atom stereocenters. The summed E-state index contributed by atoms with van der Waals surface area (Å²) in [7, 11) is 0. The molecule has 0 aliphatic carbocycles. The van der Waals surface area contributed by atoms with E-state index in [0.717, 1.165) is 0 Å². The van der Waals surface area contributed by atoms with Crippen LogP contribution in [-0.4, -0.2) is 19.0 Å². The molecule has 3 heteroatoms. The second-order valence-corrected chi connectivity index (χ2v) is 3.50. The Labute approximate surface area is 68.3 Å². The lowest BCUT2D eigenvalue weighted by Crippen LogP contribution is -2.32. The molecule has 0 aromatic heterocycles. The van der Waals surface area contributed by atoms with Gasteiger partial charge in [-0.1, -0.05) is 13.8 Å². The first kappa shape index (κ1) is 10.4. The van der Waals surface area contributed by atoms with E-state index in [0.29, 0.717) is 19.5 Å². The van der Waals surface area contributed by atoms with Crippen LogP contribution in [0, 0.1) is 5.41 Å². The van der Waals surface area contributed by atoms with Gasteiger partial charge < -0.3 is 11.1 Å². The van der Waals surface area contributed by atoms with E-state index in [1.807, 2.05) is 20.8 Å². The Morgan fingerprint density at radius 1 is 1.55 bits per heavy atom. The van der Waals surface area contributed by atoms with E-state index in [4.69, 9.17) is 5.73 Å². The van der Waals surface area contributed by atoms with Crippen LogP contribution in [0.2, 0.25) is 0 Å². The van der Waals surface area contributed by atoms with Crippen molar-refractivity contribution >= 4 is 5.91 Å². The van der Waals surface area contributed by atoms with Crippen LogP contribution in [0.3, 0.4) is 0 Å². The van der Waals surface area contributed by atoms with Crippen molar-refractivity contribution in [2.45, 2.75) is 27.2 Å². The lowest BCUT2D eigenvalue weighted by atomic mass is 9.89. The average molecular weight is 158 g/mol. The molecule has 0 spiro atoms. The van der Waals surface area contributed by atoms with Crippen LogP contribution in [-0.2, 0) is 4.79 Å². The number of rotatable bonds is 4. The van der Waals surface area contributed by atoms with Gasteiger partial charge >= 0.3 is 0 Å². The monoisotopic (exact) mass is 158 g/mol. The molecule has 1 amide bonds. The van der Waals surface area contributed by atoms with E-state index in [1.54, 1.807) is 0 Å². The number of hydrogen-bond donors (Lipinski definition) is 2. The Balaban J connectivity index is 3.74. The van der Waals surface area contributed by atoms with Crippen molar-refractivity contribution in [2.24, 2.45) is 11.1 Å². The number of amides is 1. The molecule has 0 aromatic rings. The third kappa shape index (κ3) is 4.79. The molecule has 0 rings (SSSR count). The normalized spacial score (nSPS) is 11.3. The molecule has 3 N–H and O–H groups in total. The predicted molar refractivity (Wildman–Crippen MR) is 46.1 cm³/mol. The fourth-order valence-electron chi connectivity index (χ4n) is 0.766. The Morgan fingerprint density at radius 2 is 2.09 bits per heavy atom. The zero-order chi connectivity index (χ0) is 8.91. The van der Waals surface area contributed by atoms with Crippen LogP contribution in [0.25, 0.3) is 0 Å². The summed E-state index contributed by atoms with van der Waals surface area (Å²) in [5.74, 6) is 0.0861. The molecule has 0 atom stereocenters. The minimum atomic E-state index is -0.0702. The highest BCUT2D eigenvalue weighted by Crippen LogP contribution is 2.17. The highest BCUT2D eigenvalue weighted by Gasteiger charge is 2.19. The summed E-state index contributed by atoms with van der Waals surface area (Å²) in [5, 5.41) is 2.74. The first-order valence-corrected chi connectivity index (χ1v) is 3.98. The number of nitrogens with one attached hydrogen (secondary N) is 1. The lowest BCUT2D eigenvalue weighted by molar-refractivity contribution is -0.122. The summed E-state index contributed by atoms with van der Waals surface area (Å²) < 4.78 is 0. The van der Waals surface area contributed by atoms with Crippen LogP contribution >= 0.6 is 0 Å². The molecule has 0 aliphatic rings. The van der Waals surface area contributed by atoms with E-state index < -0.39 is 0 Å². The molecule has 0 bridgehead atoms. The highest BCUT2D eigenvalue weighted by atomic mass is 16.1. The Hall–Kier alpha value is -0.570. The molecule has 0 saturated carbocycles. The molecule has 0 radical (unpaired) electrons. The van der Waals surface area contributed by atoms with Gasteiger partial charge in [-0.3, -0.25) is 4.79 Å². The van der Waals surface area contributed by atoms with Crippen molar-refractivity contribution in [2.75, 3.05) is 13.1 Å². The van der Waals surface area contributed by atoms with Gasteiger partial charge in [-0.15, -0.1) is 0 Å². The summed E-state index contributed by atoms with van der Waals surface area (Å²) in [6.45, 7) is 7.13. The maximum absolute atomic E-state index is 11.1. The minimum absolute atomic E-state index is 0.0702. The van der Waals surface area contributed by atoms with Gasteiger partial charge in [-0.05, 0) is 18.9 Å². The van der Waals surface area contributed by atoms with Gasteiger partial charge in [0.15, 0.2) is 0 Å². The fourth-order valence-corrected chi connectivity index (χ4v) is 0.766. The molecular formula is C8H18N2O. The molecule has 0 aromatic carbocycles. The van der Waals surface area contributed by atoms with Gasteiger partial charge in [0, 0.05) is 13.0 Å². The van der Waals surface area contributed by atoms with Crippen molar-refractivity contribution < 1.29 is 4.79 Å². The number of nitrogens with two attached hydrogens (primary N) is 1. The van der Waals surface area contributed by atoms with Gasteiger partial charge in [0.05, 0.1) is 0 Å². The third-order valence-electron chi connectivity index (χ3n) is 1.57. The van der Waals surface area contributed by atoms with E-state index in [9.17, 15) is 4.79 Å². The molecular weight excluding hydrogens is 140 g/mol. The minimum Gasteiger partial charge on any atom is -0.356 e. The van der Waals surface area contributed by atoms with Crippen LogP contribution in [0.4, 0.5) is 0 Å². The van der Waals surface area contributed by atoms with Crippen molar-refractivity contribution in [1.82, 2.24) is 5.32 Å². The largest absolute Gasteiger partial charge is 0.356 e. The van der Waals surface area contributed by atoms with E-state index >= 15 is 0 Å². The second kappa shape index (κ2) is 4.34. The molecule has 0 heterocycles. The molecule has 0 fully saturated rings. The summed E-state index contributed by atoms with van der Waals surface area (Å²) in [6.07, 6.45) is 0.511. The average Bonchev–Trinajstić information content (AvgIpc) is 1.87. The first-order chi connectivity index (χ1) is 5.02. The van der Waals surface area contributed by atoms with E-state index in [-0.39, 0.29) is 11.3 Å². The van der Waals surface area contributed by atoms with Crippen molar-refractivity contribution in [3.8, 4) is 0 Å². The zero-order valence-corrected chi connectivity index (χ0v) is 7.61. The quantitative estimate of drug-likeness (QED) is 0.626. The summed E-state index contributed by atoms with van der Waals surface area (Å²) in [5.41, 5.74) is 5.40. The van der Waals surface area contributed by atoms with Crippen molar-refractivity contribution in [3.05, 3.63) is 0 Å². The van der Waals surface area contributed by atoms with Gasteiger partial charge in [-0.2, -0.15) is 0 Å². The number of carbonyl (C=O) groups excluding carboxylic acids is 1. The van der Waals surface area contributed by atoms with E-state index in [2.05, 4.69) is 5.32 Å². The second-order valence-electron chi connectivity index (χ2n) is 3.50. The molecule has 66 valence electrons. The molecule has 0 aliphatic heterocycles. The van der Waals surface area contributed by atoms with Gasteiger partial charge in [-0.25, -0.2) is 0 Å². The lowest BCUT2D eigenvalue weighted by Gasteiger charge is -2.20. The van der Waals surface area contributed by atoms with Crippen LogP contribution in [0.1, 0.15) is 27.2 Å². The predicted octanol–water partition coefficient (Wildman–Crippen LogP) is 0.497. The number of hydrogen-bond acceptors (Lipinski definition) is 2. The van der Waals surface area contributed by atoms with Gasteiger partial charge in [0.1, 0.15) is 0 Å². The van der Waals surface area contributed by atoms with Crippen LogP contribution < -0.4 is 11.1 Å².